The molecule has 0 aromatic heterocycles. The number of para-hydroxylation sites is 2. The van der Waals surface area contributed by atoms with Crippen molar-refractivity contribution in [2.75, 3.05) is 6.54 Å². The lowest BCUT2D eigenvalue weighted by Gasteiger charge is -2.19. The Labute approximate surface area is 163 Å². The van der Waals surface area contributed by atoms with Gasteiger partial charge in [-0.2, -0.15) is 0 Å². The van der Waals surface area contributed by atoms with Crippen molar-refractivity contribution in [1.82, 2.24) is 4.90 Å². The van der Waals surface area contributed by atoms with Crippen molar-refractivity contribution in [3.8, 4) is 0 Å². The second-order valence-electron chi connectivity index (χ2n) is 7.49. The molecule has 0 radical (unpaired) electrons. The first-order chi connectivity index (χ1) is 12.9. The number of hydrogen-bond acceptors (Lipinski definition) is 2. The molecule has 2 aromatic rings. The highest BCUT2D eigenvalue weighted by molar-refractivity contribution is 5.91. The summed E-state index contributed by atoms with van der Waals surface area (Å²) < 4.78 is 0. The molecule has 1 aliphatic heterocycles. The summed E-state index contributed by atoms with van der Waals surface area (Å²) in [6.07, 6.45) is 4.37. The zero-order chi connectivity index (χ0) is 19.6. The molecule has 0 saturated heterocycles. The molecule has 1 atom stereocenters. The molecule has 0 saturated carbocycles. The van der Waals surface area contributed by atoms with Crippen LogP contribution in [0.3, 0.4) is 0 Å². The maximum atomic E-state index is 4.94. The van der Waals surface area contributed by atoms with Gasteiger partial charge in [-0.15, -0.1) is 0 Å². The quantitative estimate of drug-likeness (QED) is 0.473. The Bertz CT molecular complexity index is 819. The molecule has 0 amide bonds. The monoisotopic (exact) mass is 359 g/mol. The molecule has 2 aromatic carbocycles. The summed E-state index contributed by atoms with van der Waals surface area (Å²) in [6, 6.07) is 12.6. The lowest BCUT2D eigenvalue weighted by atomic mass is 10.0. The molecule has 0 spiro atoms. The molecule has 1 unspecified atom stereocenters. The van der Waals surface area contributed by atoms with E-state index in [0.717, 1.165) is 29.5 Å². The van der Waals surface area contributed by atoms with Gasteiger partial charge in [-0.3, -0.25) is 4.99 Å². The first-order valence-electron chi connectivity index (χ1n) is 9.54. The molecule has 3 nitrogen and oxygen atoms in total. The summed E-state index contributed by atoms with van der Waals surface area (Å²) in [7, 11) is 0. The van der Waals surface area contributed by atoms with Crippen molar-refractivity contribution in [3.05, 3.63) is 70.9 Å². The van der Waals surface area contributed by atoms with Gasteiger partial charge < -0.3 is 4.90 Å². The highest BCUT2D eigenvalue weighted by Gasteiger charge is 2.21. The molecule has 140 valence electrons. The maximum Gasteiger partial charge on any atom is 0.106 e. The third-order valence-corrected chi connectivity index (χ3v) is 5.28. The van der Waals surface area contributed by atoms with Gasteiger partial charge >= 0.3 is 0 Å². The highest BCUT2D eigenvalue weighted by Crippen LogP contribution is 2.27. The minimum absolute atomic E-state index is 0.312. The van der Waals surface area contributed by atoms with Crippen LogP contribution in [0.15, 0.2) is 58.7 Å². The average molecular weight is 360 g/mol. The summed E-state index contributed by atoms with van der Waals surface area (Å²) in [6.45, 7) is 13.6. The Morgan fingerprint density at radius 2 is 1.30 bits per heavy atom. The second-order valence-corrected chi connectivity index (χ2v) is 7.49. The van der Waals surface area contributed by atoms with E-state index in [0.29, 0.717) is 5.92 Å². The number of hydrogen-bond donors (Lipinski definition) is 0. The van der Waals surface area contributed by atoms with Crippen molar-refractivity contribution < 1.29 is 0 Å². The van der Waals surface area contributed by atoms with E-state index in [1.165, 1.54) is 22.3 Å². The zero-order valence-electron chi connectivity index (χ0n) is 17.2. The minimum Gasteiger partial charge on any atom is -0.336 e. The Morgan fingerprint density at radius 3 is 1.81 bits per heavy atom. The van der Waals surface area contributed by atoms with Crippen LogP contribution in [-0.2, 0) is 0 Å². The van der Waals surface area contributed by atoms with Gasteiger partial charge in [-0.25, -0.2) is 4.99 Å². The van der Waals surface area contributed by atoms with Crippen LogP contribution in [0.4, 0.5) is 11.4 Å². The number of aliphatic imine (C=N–C) groups is 2. The lowest BCUT2D eigenvalue weighted by Crippen LogP contribution is -2.26. The van der Waals surface area contributed by atoms with E-state index in [2.05, 4.69) is 95.1 Å². The van der Waals surface area contributed by atoms with Crippen LogP contribution in [0.1, 0.15) is 36.1 Å². The number of amidine groups is 1. The predicted octanol–water partition coefficient (Wildman–Crippen LogP) is 6.21. The summed E-state index contributed by atoms with van der Waals surface area (Å²) in [5.74, 6) is 1.33. The Kier molecular flexibility index (Phi) is 5.59. The zero-order valence-corrected chi connectivity index (χ0v) is 17.2. The molecule has 3 rings (SSSR count). The summed E-state index contributed by atoms with van der Waals surface area (Å²) in [5.41, 5.74) is 8.19. The molecular weight excluding hydrogens is 330 g/mol. The van der Waals surface area contributed by atoms with Crippen molar-refractivity contribution in [1.29, 1.82) is 0 Å². The van der Waals surface area contributed by atoms with Crippen molar-refractivity contribution in [2.45, 2.75) is 41.5 Å². The largest absolute Gasteiger partial charge is 0.336 e. The number of benzene rings is 2. The van der Waals surface area contributed by atoms with Gasteiger partial charge in [0.05, 0.1) is 11.4 Å². The van der Waals surface area contributed by atoms with Crippen molar-refractivity contribution >= 4 is 22.9 Å². The SMILES string of the molecule is CC(=Nc1c(C)cccc1C)C1C=CN(C(C)=Nc2c(C)cccc2C)C1. The first-order valence-corrected chi connectivity index (χ1v) is 9.54. The van der Waals surface area contributed by atoms with Crippen LogP contribution in [0.2, 0.25) is 0 Å². The van der Waals surface area contributed by atoms with Gasteiger partial charge in [0.2, 0.25) is 0 Å². The summed E-state index contributed by atoms with van der Waals surface area (Å²) in [5, 5.41) is 0. The first kappa shape index (κ1) is 19.1. The molecule has 27 heavy (non-hydrogen) atoms. The molecule has 1 heterocycles. The van der Waals surface area contributed by atoms with Crippen LogP contribution in [0, 0.1) is 33.6 Å². The van der Waals surface area contributed by atoms with E-state index in [9.17, 15) is 0 Å². The standard InChI is InChI=1S/C24H29N3/c1-16-9-7-10-17(2)23(16)25-20(5)22-13-14-27(15-22)21(6)26-24-18(3)11-8-12-19(24)4/h7-14,22H,15H2,1-6H3. The van der Waals surface area contributed by atoms with E-state index in [-0.39, 0.29) is 0 Å². The van der Waals surface area contributed by atoms with Crippen LogP contribution >= 0.6 is 0 Å². The van der Waals surface area contributed by atoms with Gasteiger partial charge in [-0.05, 0) is 63.8 Å². The fourth-order valence-electron chi connectivity index (χ4n) is 3.50. The Morgan fingerprint density at radius 1 is 0.815 bits per heavy atom. The van der Waals surface area contributed by atoms with Crippen molar-refractivity contribution in [2.24, 2.45) is 15.9 Å². The van der Waals surface area contributed by atoms with Gasteiger partial charge in [0.25, 0.3) is 0 Å². The van der Waals surface area contributed by atoms with Gasteiger partial charge in [0.15, 0.2) is 0 Å². The number of aryl methyl sites for hydroxylation is 4. The van der Waals surface area contributed by atoms with Gasteiger partial charge in [-0.1, -0.05) is 42.5 Å². The van der Waals surface area contributed by atoms with Crippen molar-refractivity contribution in [3.63, 3.8) is 0 Å². The molecule has 0 bridgehead atoms. The van der Waals surface area contributed by atoms with Gasteiger partial charge in [0.1, 0.15) is 5.84 Å². The molecule has 0 N–H and O–H groups in total. The van der Waals surface area contributed by atoms with Crippen LogP contribution in [-0.4, -0.2) is 23.0 Å². The van der Waals surface area contributed by atoms with Crippen LogP contribution in [0.25, 0.3) is 0 Å². The molecular formula is C24H29N3. The summed E-state index contributed by atoms with van der Waals surface area (Å²) in [4.78, 5) is 12.1. The molecule has 0 fully saturated rings. The van der Waals surface area contributed by atoms with Crippen LogP contribution < -0.4 is 0 Å². The average Bonchev–Trinajstić information content (AvgIpc) is 3.12. The number of rotatable bonds is 3. The fraction of sp³-hybridized carbons (Fsp3) is 0.333. The lowest BCUT2D eigenvalue weighted by molar-refractivity contribution is 0.566. The van der Waals surface area contributed by atoms with E-state index < -0.39 is 0 Å². The predicted molar refractivity (Wildman–Crippen MR) is 117 cm³/mol. The summed E-state index contributed by atoms with van der Waals surface area (Å²) >= 11 is 0. The van der Waals surface area contributed by atoms with E-state index in [1.54, 1.807) is 0 Å². The van der Waals surface area contributed by atoms with E-state index >= 15 is 0 Å². The van der Waals surface area contributed by atoms with E-state index in [1.807, 2.05) is 0 Å². The third-order valence-electron chi connectivity index (χ3n) is 5.28. The smallest absolute Gasteiger partial charge is 0.106 e. The maximum absolute atomic E-state index is 4.94. The van der Waals surface area contributed by atoms with Crippen LogP contribution in [0.5, 0.6) is 0 Å². The topological polar surface area (TPSA) is 28.0 Å². The number of nitrogens with zero attached hydrogens (tertiary/aromatic N) is 3. The van der Waals surface area contributed by atoms with Gasteiger partial charge in [0, 0.05) is 24.4 Å². The normalized spacial score (nSPS) is 17.7. The molecule has 1 aliphatic rings. The third kappa shape index (κ3) is 4.19. The highest BCUT2D eigenvalue weighted by atomic mass is 15.2. The fourth-order valence-corrected chi connectivity index (χ4v) is 3.50. The second kappa shape index (κ2) is 7.91. The van der Waals surface area contributed by atoms with E-state index in [4.69, 9.17) is 9.98 Å². The Balaban J connectivity index is 1.78. The molecule has 3 heteroatoms. The Hall–Kier alpha value is -2.68. The minimum atomic E-state index is 0.312. The molecule has 0 aliphatic carbocycles.